The summed E-state index contributed by atoms with van der Waals surface area (Å²) in [5.41, 5.74) is 3.96. The van der Waals surface area contributed by atoms with Crippen molar-refractivity contribution < 1.29 is 0 Å². The van der Waals surface area contributed by atoms with Crippen LogP contribution in [-0.2, 0) is 0 Å². The van der Waals surface area contributed by atoms with E-state index >= 15 is 0 Å². The number of rotatable bonds is 7. The van der Waals surface area contributed by atoms with Crippen LogP contribution in [0.3, 0.4) is 0 Å². The summed E-state index contributed by atoms with van der Waals surface area (Å²) in [6.45, 7) is 3.18. The molecule has 0 bridgehead atoms. The molecule has 0 aliphatic rings. The summed E-state index contributed by atoms with van der Waals surface area (Å²) in [5.74, 6) is 1.19. The highest BCUT2D eigenvalue weighted by molar-refractivity contribution is 7.98. The van der Waals surface area contributed by atoms with Crippen molar-refractivity contribution in [1.82, 2.24) is 5.32 Å². The highest BCUT2D eigenvalue weighted by atomic mass is 32.2. The van der Waals surface area contributed by atoms with E-state index in [2.05, 4.69) is 73.1 Å². The zero-order valence-corrected chi connectivity index (χ0v) is 13.1. The Morgan fingerprint density at radius 2 is 1.60 bits per heavy atom. The molecular weight excluding hydrogens is 262 g/mol. The van der Waals surface area contributed by atoms with Crippen molar-refractivity contribution in [3.05, 3.63) is 60.2 Å². The fraction of sp³-hybridized carbons (Fsp3) is 0.333. The number of thioether (sulfide) groups is 1. The number of nitrogens with one attached hydrogen (secondary N) is 1. The smallest absolute Gasteiger partial charge is 0.0327 e. The lowest BCUT2D eigenvalue weighted by Gasteiger charge is -2.18. The minimum atomic E-state index is 0.470. The molecule has 2 aromatic rings. The van der Waals surface area contributed by atoms with E-state index in [1.54, 1.807) is 0 Å². The molecule has 2 heteroatoms. The van der Waals surface area contributed by atoms with Gasteiger partial charge in [0.2, 0.25) is 0 Å². The summed E-state index contributed by atoms with van der Waals surface area (Å²) >= 11 is 1.91. The first-order chi connectivity index (χ1) is 9.85. The van der Waals surface area contributed by atoms with E-state index in [1.807, 2.05) is 11.8 Å². The number of benzene rings is 2. The number of hydrogen-bond donors (Lipinski definition) is 1. The molecule has 0 radical (unpaired) electrons. The van der Waals surface area contributed by atoms with E-state index in [4.69, 9.17) is 0 Å². The fourth-order valence-corrected chi connectivity index (χ4v) is 2.88. The summed E-state index contributed by atoms with van der Waals surface area (Å²) in [4.78, 5) is 0. The highest BCUT2D eigenvalue weighted by Gasteiger charge is 2.09. The SMILES string of the molecule is CCNC(CCSC)c1ccc(-c2ccccc2)cc1. The molecule has 0 aromatic heterocycles. The second-order valence-electron chi connectivity index (χ2n) is 4.88. The largest absolute Gasteiger partial charge is 0.310 e. The molecule has 0 fully saturated rings. The second kappa shape index (κ2) is 8.13. The zero-order chi connectivity index (χ0) is 14.2. The summed E-state index contributed by atoms with van der Waals surface area (Å²) in [5, 5.41) is 3.58. The van der Waals surface area contributed by atoms with E-state index in [0.717, 1.165) is 6.54 Å². The fourth-order valence-electron chi connectivity index (χ4n) is 2.41. The Kier molecular flexibility index (Phi) is 6.16. The lowest BCUT2D eigenvalue weighted by atomic mass is 9.99. The second-order valence-corrected chi connectivity index (χ2v) is 5.87. The van der Waals surface area contributed by atoms with Crippen molar-refractivity contribution in [1.29, 1.82) is 0 Å². The van der Waals surface area contributed by atoms with Crippen LogP contribution in [0.25, 0.3) is 11.1 Å². The van der Waals surface area contributed by atoms with Gasteiger partial charge < -0.3 is 5.32 Å². The quantitative estimate of drug-likeness (QED) is 0.787. The van der Waals surface area contributed by atoms with Gasteiger partial charge in [0.1, 0.15) is 0 Å². The van der Waals surface area contributed by atoms with Gasteiger partial charge in [0.05, 0.1) is 0 Å². The zero-order valence-electron chi connectivity index (χ0n) is 12.3. The molecule has 0 heterocycles. The monoisotopic (exact) mass is 285 g/mol. The summed E-state index contributed by atoms with van der Waals surface area (Å²) in [6.07, 6.45) is 3.35. The maximum absolute atomic E-state index is 3.58. The summed E-state index contributed by atoms with van der Waals surface area (Å²) in [6, 6.07) is 20.0. The molecule has 2 rings (SSSR count). The van der Waals surface area contributed by atoms with Crippen LogP contribution in [0.1, 0.15) is 24.9 Å². The lowest BCUT2D eigenvalue weighted by molar-refractivity contribution is 0.541. The van der Waals surface area contributed by atoms with Crippen LogP contribution in [0.5, 0.6) is 0 Å². The van der Waals surface area contributed by atoms with Gasteiger partial charge in [0, 0.05) is 6.04 Å². The van der Waals surface area contributed by atoms with Crippen LogP contribution in [0.4, 0.5) is 0 Å². The Morgan fingerprint density at radius 3 is 2.20 bits per heavy atom. The van der Waals surface area contributed by atoms with Crippen molar-refractivity contribution in [3.8, 4) is 11.1 Å². The van der Waals surface area contributed by atoms with Crippen LogP contribution >= 0.6 is 11.8 Å². The maximum atomic E-state index is 3.58. The topological polar surface area (TPSA) is 12.0 Å². The molecule has 1 nitrogen and oxygen atoms in total. The van der Waals surface area contributed by atoms with Gasteiger partial charge in [-0.05, 0) is 41.7 Å². The van der Waals surface area contributed by atoms with Crippen molar-refractivity contribution in [3.63, 3.8) is 0 Å². The first-order valence-electron chi connectivity index (χ1n) is 7.23. The first kappa shape index (κ1) is 15.1. The predicted octanol–water partition coefficient (Wildman–Crippen LogP) is 4.76. The molecular formula is C18H23NS. The van der Waals surface area contributed by atoms with E-state index in [1.165, 1.54) is 28.9 Å². The minimum Gasteiger partial charge on any atom is -0.310 e. The van der Waals surface area contributed by atoms with Crippen LogP contribution in [0.2, 0.25) is 0 Å². The average molecular weight is 285 g/mol. The summed E-state index contributed by atoms with van der Waals surface area (Å²) in [7, 11) is 0. The molecule has 0 saturated heterocycles. The molecule has 2 aromatic carbocycles. The Bertz CT molecular complexity index is 493. The maximum Gasteiger partial charge on any atom is 0.0327 e. The van der Waals surface area contributed by atoms with Crippen molar-refractivity contribution in [2.45, 2.75) is 19.4 Å². The third kappa shape index (κ3) is 4.12. The van der Waals surface area contributed by atoms with Gasteiger partial charge in [-0.2, -0.15) is 11.8 Å². The summed E-state index contributed by atoms with van der Waals surface area (Å²) < 4.78 is 0. The molecule has 1 unspecified atom stereocenters. The van der Waals surface area contributed by atoms with Crippen molar-refractivity contribution >= 4 is 11.8 Å². The molecule has 1 atom stereocenters. The lowest BCUT2D eigenvalue weighted by Crippen LogP contribution is -2.21. The predicted molar refractivity (Wildman–Crippen MR) is 91.3 cm³/mol. The molecule has 106 valence electrons. The van der Waals surface area contributed by atoms with Gasteiger partial charge in [-0.15, -0.1) is 0 Å². The average Bonchev–Trinajstić information content (AvgIpc) is 2.52. The van der Waals surface area contributed by atoms with Gasteiger partial charge >= 0.3 is 0 Å². The Hall–Kier alpha value is -1.25. The van der Waals surface area contributed by atoms with Gasteiger partial charge in [-0.25, -0.2) is 0 Å². The Balaban J connectivity index is 2.13. The van der Waals surface area contributed by atoms with E-state index in [0.29, 0.717) is 6.04 Å². The molecule has 0 amide bonds. The minimum absolute atomic E-state index is 0.470. The van der Waals surface area contributed by atoms with Crippen LogP contribution in [-0.4, -0.2) is 18.6 Å². The van der Waals surface area contributed by atoms with E-state index < -0.39 is 0 Å². The Morgan fingerprint density at radius 1 is 0.950 bits per heavy atom. The molecule has 0 spiro atoms. The van der Waals surface area contributed by atoms with Gasteiger partial charge in [0.25, 0.3) is 0 Å². The normalized spacial score (nSPS) is 12.3. The van der Waals surface area contributed by atoms with E-state index in [9.17, 15) is 0 Å². The molecule has 0 saturated carbocycles. The van der Waals surface area contributed by atoms with E-state index in [-0.39, 0.29) is 0 Å². The van der Waals surface area contributed by atoms with Gasteiger partial charge in [-0.1, -0.05) is 61.5 Å². The third-order valence-electron chi connectivity index (χ3n) is 3.48. The van der Waals surface area contributed by atoms with Crippen molar-refractivity contribution in [2.24, 2.45) is 0 Å². The molecule has 0 aliphatic carbocycles. The van der Waals surface area contributed by atoms with Crippen molar-refractivity contribution in [2.75, 3.05) is 18.6 Å². The Labute approximate surface area is 126 Å². The number of hydrogen-bond acceptors (Lipinski definition) is 2. The third-order valence-corrected chi connectivity index (χ3v) is 4.13. The van der Waals surface area contributed by atoms with Crippen LogP contribution in [0.15, 0.2) is 54.6 Å². The highest BCUT2D eigenvalue weighted by Crippen LogP contribution is 2.24. The molecule has 1 N–H and O–H groups in total. The standard InChI is InChI=1S/C18H23NS/c1-3-19-18(13-14-20-2)17-11-9-16(10-12-17)15-7-5-4-6-8-15/h4-12,18-19H,3,13-14H2,1-2H3. The van der Waals surface area contributed by atoms with Gasteiger partial charge in [-0.3, -0.25) is 0 Å². The molecule has 20 heavy (non-hydrogen) atoms. The first-order valence-corrected chi connectivity index (χ1v) is 8.62. The van der Waals surface area contributed by atoms with Crippen LogP contribution in [0, 0.1) is 0 Å². The van der Waals surface area contributed by atoms with Gasteiger partial charge in [0.15, 0.2) is 0 Å². The van der Waals surface area contributed by atoms with Crippen LogP contribution < -0.4 is 5.32 Å². The molecule has 0 aliphatic heterocycles.